The molecule has 0 saturated heterocycles. The third-order valence-electron chi connectivity index (χ3n) is 5.08. The van der Waals surface area contributed by atoms with Gasteiger partial charge in [-0.05, 0) is 48.6 Å². The summed E-state index contributed by atoms with van der Waals surface area (Å²) >= 11 is 0. The van der Waals surface area contributed by atoms with Gasteiger partial charge in [-0.2, -0.15) is 10.2 Å². The van der Waals surface area contributed by atoms with Gasteiger partial charge in [-0.15, -0.1) is 0 Å². The maximum absolute atomic E-state index is 12.4. The van der Waals surface area contributed by atoms with Crippen LogP contribution in [0.5, 0.6) is 0 Å². The highest BCUT2D eigenvalue weighted by molar-refractivity contribution is 5.93. The zero-order chi connectivity index (χ0) is 23.6. The van der Waals surface area contributed by atoms with Crippen molar-refractivity contribution >= 4 is 23.4 Å². The van der Waals surface area contributed by atoms with Crippen LogP contribution in [0.4, 0.5) is 21.0 Å². The van der Waals surface area contributed by atoms with E-state index in [1.807, 2.05) is 60.7 Å². The fraction of sp³-hybridized carbons (Fsp3) is 0.391. The second-order valence-electron chi connectivity index (χ2n) is 8.37. The number of amides is 4. The molecule has 2 atom stereocenters. The summed E-state index contributed by atoms with van der Waals surface area (Å²) in [7, 11) is 0. The van der Waals surface area contributed by atoms with Gasteiger partial charge in [-0.1, -0.05) is 19.9 Å². The number of urea groups is 2. The Morgan fingerprint density at radius 1 is 0.879 bits per heavy atom. The molecule has 10 heteroatoms. The Bertz CT molecular complexity index is 1020. The topological polar surface area (TPSA) is 118 Å². The van der Waals surface area contributed by atoms with E-state index in [2.05, 4.69) is 31.5 Å². The number of anilines is 2. The van der Waals surface area contributed by atoms with Gasteiger partial charge >= 0.3 is 12.1 Å². The predicted molar refractivity (Wildman–Crippen MR) is 128 cm³/mol. The number of nitrogens with zero attached hydrogens (tertiary/aromatic N) is 4. The number of nitrogens with one attached hydrogen (secondary N) is 4. The number of aromatic nitrogens is 4. The number of rotatable bonds is 10. The van der Waals surface area contributed by atoms with E-state index in [4.69, 9.17) is 0 Å². The van der Waals surface area contributed by atoms with Crippen LogP contribution in [0.15, 0.2) is 55.1 Å². The minimum absolute atomic E-state index is 0.226. The Hall–Kier alpha value is -3.82. The molecule has 2 aromatic heterocycles. The molecule has 4 amide bonds. The lowest BCUT2D eigenvalue weighted by Gasteiger charge is -2.16. The van der Waals surface area contributed by atoms with Gasteiger partial charge in [0.15, 0.2) is 0 Å². The summed E-state index contributed by atoms with van der Waals surface area (Å²) in [6.07, 6.45) is 7.26. The summed E-state index contributed by atoms with van der Waals surface area (Å²) in [6.45, 7) is 8.47. The smallest absolute Gasteiger partial charge is 0.319 e. The number of carbonyl (C=O) groups is 2. The highest BCUT2D eigenvalue weighted by atomic mass is 16.2. The van der Waals surface area contributed by atoms with Crippen molar-refractivity contribution in [2.45, 2.75) is 33.9 Å². The molecule has 4 N–H and O–H groups in total. The summed E-state index contributed by atoms with van der Waals surface area (Å²) in [6, 6.07) is 8.56. The molecular formula is C23H32N8O2. The van der Waals surface area contributed by atoms with Crippen LogP contribution in [0.1, 0.15) is 19.4 Å². The molecule has 0 aliphatic rings. The predicted octanol–water partition coefficient (Wildman–Crippen LogP) is 3.30. The zero-order valence-corrected chi connectivity index (χ0v) is 19.3. The molecule has 1 aromatic carbocycles. The Balaban J connectivity index is 1.44. The van der Waals surface area contributed by atoms with E-state index in [1.165, 1.54) is 0 Å². The Kier molecular flexibility index (Phi) is 8.45. The summed E-state index contributed by atoms with van der Waals surface area (Å²) in [4.78, 5) is 24.7. The molecule has 0 spiro atoms. The van der Waals surface area contributed by atoms with Gasteiger partial charge in [-0.3, -0.25) is 9.36 Å². The summed E-state index contributed by atoms with van der Waals surface area (Å²) < 4.78 is 3.68. The third-order valence-corrected chi connectivity index (χ3v) is 5.08. The first kappa shape index (κ1) is 23.8. The van der Waals surface area contributed by atoms with Crippen LogP contribution in [-0.2, 0) is 13.1 Å². The van der Waals surface area contributed by atoms with E-state index in [-0.39, 0.29) is 23.9 Å². The van der Waals surface area contributed by atoms with Crippen molar-refractivity contribution in [3.63, 3.8) is 0 Å². The van der Waals surface area contributed by atoms with Gasteiger partial charge in [0.25, 0.3) is 0 Å². The minimum Gasteiger partial charge on any atom is -0.338 e. The molecule has 3 rings (SSSR count). The summed E-state index contributed by atoms with van der Waals surface area (Å²) in [5, 5.41) is 19.8. The second-order valence-corrected chi connectivity index (χ2v) is 8.37. The maximum atomic E-state index is 12.4. The van der Waals surface area contributed by atoms with Gasteiger partial charge < -0.3 is 21.3 Å². The molecule has 33 heavy (non-hydrogen) atoms. The normalized spacial score (nSPS) is 12.6. The van der Waals surface area contributed by atoms with Crippen LogP contribution in [-0.4, -0.2) is 44.7 Å². The molecule has 176 valence electrons. The number of hydrogen-bond donors (Lipinski definition) is 4. The van der Waals surface area contributed by atoms with Gasteiger partial charge in [0, 0.05) is 62.3 Å². The largest absolute Gasteiger partial charge is 0.338 e. The Morgan fingerprint density at radius 3 is 1.94 bits per heavy atom. The minimum atomic E-state index is -0.297. The van der Waals surface area contributed by atoms with Gasteiger partial charge in [-0.25, -0.2) is 9.59 Å². The lowest BCUT2D eigenvalue weighted by molar-refractivity contribution is 0.249. The molecule has 0 radical (unpaired) electrons. The van der Waals surface area contributed by atoms with Crippen molar-refractivity contribution in [2.75, 3.05) is 23.7 Å². The monoisotopic (exact) mass is 452 g/mol. The van der Waals surface area contributed by atoms with Crippen molar-refractivity contribution < 1.29 is 9.59 Å². The fourth-order valence-electron chi connectivity index (χ4n) is 3.29. The first-order valence-electron chi connectivity index (χ1n) is 11.0. The Morgan fingerprint density at radius 2 is 1.42 bits per heavy atom. The SMILES string of the molecule is Cc1ccc(NC(=O)NCC(C)Cn2cccn2)cc1NC(=O)NCC(C)Cn1cccn1. The summed E-state index contributed by atoms with van der Waals surface area (Å²) in [5.74, 6) is 0.453. The van der Waals surface area contributed by atoms with E-state index in [0.717, 1.165) is 18.7 Å². The van der Waals surface area contributed by atoms with Crippen molar-refractivity contribution in [2.24, 2.45) is 11.8 Å². The third kappa shape index (κ3) is 7.99. The van der Waals surface area contributed by atoms with Crippen LogP contribution in [0.3, 0.4) is 0 Å². The zero-order valence-electron chi connectivity index (χ0n) is 19.3. The van der Waals surface area contributed by atoms with Gasteiger partial charge in [0.05, 0.1) is 0 Å². The van der Waals surface area contributed by atoms with Crippen molar-refractivity contribution in [3.8, 4) is 0 Å². The van der Waals surface area contributed by atoms with Crippen LogP contribution < -0.4 is 21.3 Å². The van der Waals surface area contributed by atoms with Gasteiger partial charge in [0.1, 0.15) is 0 Å². The van der Waals surface area contributed by atoms with E-state index < -0.39 is 0 Å². The lowest BCUT2D eigenvalue weighted by Crippen LogP contribution is -2.34. The first-order chi connectivity index (χ1) is 15.9. The molecular weight excluding hydrogens is 420 g/mol. The molecule has 0 aliphatic carbocycles. The van der Waals surface area contributed by atoms with E-state index in [9.17, 15) is 9.59 Å². The molecule has 3 aromatic rings. The second kappa shape index (κ2) is 11.7. The molecule has 10 nitrogen and oxygen atoms in total. The van der Waals surface area contributed by atoms with E-state index >= 15 is 0 Å². The van der Waals surface area contributed by atoms with Crippen molar-refractivity contribution in [1.82, 2.24) is 30.2 Å². The number of carbonyl (C=O) groups excluding carboxylic acids is 2. The van der Waals surface area contributed by atoms with Crippen LogP contribution >= 0.6 is 0 Å². The lowest BCUT2D eigenvalue weighted by atomic mass is 10.1. The van der Waals surface area contributed by atoms with Gasteiger partial charge in [0.2, 0.25) is 0 Å². The Labute approximate surface area is 193 Å². The number of benzene rings is 1. The van der Waals surface area contributed by atoms with Crippen molar-refractivity contribution in [3.05, 3.63) is 60.7 Å². The number of hydrogen-bond acceptors (Lipinski definition) is 4. The molecule has 0 fully saturated rings. The van der Waals surface area contributed by atoms with Crippen molar-refractivity contribution in [1.29, 1.82) is 0 Å². The first-order valence-corrected chi connectivity index (χ1v) is 11.0. The highest BCUT2D eigenvalue weighted by Crippen LogP contribution is 2.20. The van der Waals surface area contributed by atoms with Crippen LogP contribution in [0.25, 0.3) is 0 Å². The van der Waals surface area contributed by atoms with Crippen LogP contribution in [0.2, 0.25) is 0 Å². The molecule has 2 heterocycles. The van der Waals surface area contributed by atoms with E-state index in [0.29, 0.717) is 24.5 Å². The fourth-order valence-corrected chi connectivity index (χ4v) is 3.29. The molecule has 0 saturated carbocycles. The standard InChI is InChI=1S/C23H32N8O2/c1-17(15-30-10-4-8-26-30)13-24-22(32)28-20-7-6-19(3)21(12-20)29-23(33)25-14-18(2)16-31-11-5-9-27-31/h4-12,17-18H,13-16H2,1-3H3,(H2,24,28,32)(H2,25,29,33). The van der Waals surface area contributed by atoms with Crippen LogP contribution in [0, 0.1) is 18.8 Å². The quantitative estimate of drug-likeness (QED) is 0.377. The average molecular weight is 453 g/mol. The van der Waals surface area contributed by atoms with E-state index in [1.54, 1.807) is 24.5 Å². The highest BCUT2D eigenvalue weighted by Gasteiger charge is 2.11. The molecule has 0 bridgehead atoms. The summed E-state index contributed by atoms with van der Waals surface area (Å²) in [5.41, 5.74) is 2.13. The molecule has 2 unspecified atom stereocenters. The molecule has 0 aliphatic heterocycles. The average Bonchev–Trinajstić information content (AvgIpc) is 3.48. The number of aryl methyl sites for hydroxylation is 1. The maximum Gasteiger partial charge on any atom is 0.319 e.